The third kappa shape index (κ3) is 5.78. The van der Waals surface area contributed by atoms with Gasteiger partial charge in [0.2, 0.25) is 5.91 Å². The molecular weight excluding hydrogens is 394 g/mol. The SMILES string of the molecule is CCCC(=O)NCCCc1cc2cc(C(=O)Nc3ccc(OC)c(OC)c3)ccc2[nH]1. The molecule has 0 saturated carbocycles. The summed E-state index contributed by atoms with van der Waals surface area (Å²) in [7, 11) is 3.12. The van der Waals surface area contributed by atoms with E-state index < -0.39 is 0 Å². The van der Waals surface area contributed by atoms with Crippen LogP contribution < -0.4 is 20.1 Å². The van der Waals surface area contributed by atoms with E-state index in [1.807, 2.05) is 19.1 Å². The Balaban J connectivity index is 1.63. The van der Waals surface area contributed by atoms with Crippen molar-refractivity contribution in [1.29, 1.82) is 0 Å². The molecule has 1 heterocycles. The van der Waals surface area contributed by atoms with Crippen molar-refractivity contribution in [1.82, 2.24) is 10.3 Å². The van der Waals surface area contributed by atoms with E-state index in [-0.39, 0.29) is 11.8 Å². The molecular formula is C24H29N3O4. The van der Waals surface area contributed by atoms with Crippen LogP contribution in [0, 0.1) is 0 Å². The minimum Gasteiger partial charge on any atom is -0.493 e. The van der Waals surface area contributed by atoms with Crippen LogP contribution in [0.3, 0.4) is 0 Å². The van der Waals surface area contributed by atoms with E-state index in [0.717, 1.165) is 35.9 Å². The molecule has 3 rings (SSSR count). The quantitative estimate of drug-likeness (QED) is 0.424. The molecule has 31 heavy (non-hydrogen) atoms. The number of aromatic nitrogens is 1. The highest BCUT2D eigenvalue weighted by Gasteiger charge is 2.11. The van der Waals surface area contributed by atoms with E-state index in [0.29, 0.717) is 35.7 Å². The predicted molar refractivity (Wildman–Crippen MR) is 122 cm³/mol. The third-order valence-corrected chi connectivity index (χ3v) is 5.00. The number of anilines is 1. The van der Waals surface area contributed by atoms with Gasteiger partial charge in [0.05, 0.1) is 14.2 Å². The summed E-state index contributed by atoms with van der Waals surface area (Å²) in [5, 5.41) is 6.80. The molecule has 2 amide bonds. The number of H-pyrrole nitrogens is 1. The van der Waals surface area contributed by atoms with Crippen molar-refractivity contribution in [2.75, 3.05) is 26.1 Å². The first kappa shape index (κ1) is 22.2. The van der Waals surface area contributed by atoms with Gasteiger partial charge in [0, 0.05) is 46.9 Å². The summed E-state index contributed by atoms with van der Waals surface area (Å²) in [5.74, 6) is 1.06. The average Bonchev–Trinajstić information content (AvgIpc) is 3.18. The van der Waals surface area contributed by atoms with Crippen LogP contribution in [0.1, 0.15) is 42.2 Å². The molecule has 2 aromatic carbocycles. The Kier molecular flexibility index (Phi) is 7.54. The Hall–Kier alpha value is -3.48. The van der Waals surface area contributed by atoms with Gasteiger partial charge in [0.15, 0.2) is 11.5 Å². The summed E-state index contributed by atoms with van der Waals surface area (Å²) in [6.07, 6.45) is 3.11. The van der Waals surface area contributed by atoms with Gasteiger partial charge in [-0.1, -0.05) is 6.92 Å². The van der Waals surface area contributed by atoms with Crippen molar-refractivity contribution in [2.45, 2.75) is 32.6 Å². The first-order chi connectivity index (χ1) is 15.0. The number of hydrogen-bond acceptors (Lipinski definition) is 4. The molecule has 0 aliphatic carbocycles. The molecule has 0 bridgehead atoms. The third-order valence-electron chi connectivity index (χ3n) is 5.00. The molecule has 0 atom stereocenters. The lowest BCUT2D eigenvalue weighted by molar-refractivity contribution is -0.121. The van der Waals surface area contributed by atoms with Crippen LogP contribution >= 0.6 is 0 Å². The smallest absolute Gasteiger partial charge is 0.255 e. The zero-order chi connectivity index (χ0) is 22.2. The minimum absolute atomic E-state index is 0.101. The van der Waals surface area contributed by atoms with Gasteiger partial charge in [-0.25, -0.2) is 0 Å². The van der Waals surface area contributed by atoms with Crippen molar-refractivity contribution in [3.8, 4) is 11.5 Å². The maximum Gasteiger partial charge on any atom is 0.255 e. The second-order valence-corrected chi connectivity index (χ2v) is 7.32. The summed E-state index contributed by atoms with van der Waals surface area (Å²) in [6.45, 7) is 2.65. The maximum atomic E-state index is 12.7. The Morgan fingerprint density at radius 1 is 1.00 bits per heavy atom. The van der Waals surface area contributed by atoms with Crippen molar-refractivity contribution in [3.05, 3.63) is 53.7 Å². The zero-order valence-corrected chi connectivity index (χ0v) is 18.2. The fourth-order valence-electron chi connectivity index (χ4n) is 3.41. The number of ether oxygens (including phenoxy) is 2. The van der Waals surface area contributed by atoms with Crippen LogP contribution in [0.4, 0.5) is 5.69 Å². The van der Waals surface area contributed by atoms with E-state index in [2.05, 4.69) is 21.7 Å². The maximum absolute atomic E-state index is 12.7. The topological polar surface area (TPSA) is 92.5 Å². The number of hydrogen-bond donors (Lipinski definition) is 3. The van der Waals surface area contributed by atoms with Crippen LogP contribution in [0.5, 0.6) is 11.5 Å². The summed E-state index contributed by atoms with van der Waals surface area (Å²) < 4.78 is 10.5. The molecule has 164 valence electrons. The van der Waals surface area contributed by atoms with Crippen LogP contribution in [-0.2, 0) is 11.2 Å². The largest absolute Gasteiger partial charge is 0.493 e. The van der Waals surface area contributed by atoms with Crippen LogP contribution in [-0.4, -0.2) is 37.6 Å². The lowest BCUT2D eigenvalue weighted by Gasteiger charge is -2.10. The molecule has 0 fully saturated rings. The highest BCUT2D eigenvalue weighted by molar-refractivity contribution is 6.06. The normalized spacial score (nSPS) is 10.7. The Morgan fingerprint density at radius 2 is 1.81 bits per heavy atom. The monoisotopic (exact) mass is 423 g/mol. The van der Waals surface area contributed by atoms with Crippen molar-refractivity contribution in [3.63, 3.8) is 0 Å². The summed E-state index contributed by atoms with van der Waals surface area (Å²) >= 11 is 0. The Morgan fingerprint density at radius 3 is 2.55 bits per heavy atom. The number of benzene rings is 2. The number of aryl methyl sites for hydroxylation is 1. The lowest BCUT2D eigenvalue weighted by atomic mass is 10.1. The molecule has 7 nitrogen and oxygen atoms in total. The molecule has 3 aromatic rings. The Labute approximate surface area is 182 Å². The van der Waals surface area contributed by atoms with Gasteiger partial charge in [0.1, 0.15) is 0 Å². The second-order valence-electron chi connectivity index (χ2n) is 7.32. The molecule has 0 unspecified atom stereocenters. The van der Waals surface area contributed by atoms with Crippen molar-refractivity contribution < 1.29 is 19.1 Å². The van der Waals surface area contributed by atoms with Gasteiger partial charge in [-0.2, -0.15) is 0 Å². The van der Waals surface area contributed by atoms with Crippen molar-refractivity contribution in [2.24, 2.45) is 0 Å². The van der Waals surface area contributed by atoms with Gasteiger partial charge in [-0.15, -0.1) is 0 Å². The van der Waals surface area contributed by atoms with E-state index in [4.69, 9.17) is 9.47 Å². The minimum atomic E-state index is -0.199. The number of nitrogens with one attached hydrogen (secondary N) is 3. The van der Waals surface area contributed by atoms with E-state index in [1.165, 1.54) is 0 Å². The number of rotatable bonds is 10. The van der Waals surface area contributed by atoms with E-state index >= 15 is 0 Å². The number of carbonyl (C=O) groups is 2. The highest BCUT2D eigenvalue weighted by Crippen LogP contribution is 2.30. The molecule has 0 radical (unpaired) electrons. The molecule has 0 aliphatic heterocycles. The molecule has 0 spiro atoms. The first-order valence-electron chi connectivity index (χ1n) is 10.5. The summed E-state index contributed by atoms with van der Waals surface area (Å²) in [6, 6.07) is 12.9. The zero-order valence-electron chi connectivity index (χ0n) is 18.2. The predicted octanol–water partition coefficient (Wildman–Crippen LogP) is 4.29. The second kappa shape index (κ2) is 10.5. The number of methoxy groups -OCH3 is 2. The lowest BCUT2D eigenvalue weighted by Crippen LogP contribution is -2.24. The number of aromatic amines is 1. The standard InChI is InChI=1S/C24H29N3O4/c1-4-6-23(28)25-12-5-7-18-14-17-13-16(8-10-20(17)26-18)24(29)27-19-9-11-21(30-2)22(15-19)31-3/h8-11,13-15,26H,4-7,12H2,1-3H3,(H,25,28)(H,27,29). The van der Waals surface area contributed by atoms with Gasteiger partial charge in [-0.05, 0) is 55.7 Å². The van der Waals surface area contributed by atoms with Gasteiger partial charge in [0.25, 0.3) is 5.91 Å². The molecule has 0 aliphatic rings. The summed E-state index contributed by atoms with van der Waals surface area (Å²) in [4.78, 5) is 27.6. The molecule has 1 aromatic heterocycles. The average molecular weight is 424 g/mol. The van der Waals surface area contributed by atoms with Crippen molar-refractivity contribution >= 4 is 28.4 Å². The Bertz CT molecular complexity index is 1060. The summed E-state index contributed by atoms with van der Waals surface area (Å²) in [5.41, 5.74) is 3.26. The van der Waals surface area contributed by atoms with Gasteiger partial charge >= 0.3 is 0 Å². The highest BCUT2D eigenvalue weighted by atomic mass is 16.5. The number of amides is 2. The van der Waals surface area contributed by atoms with Gasteiger partial charge < -0.3 is 25.1 Å². The van der Waals surface area contributed by atoms with Crippen LogP contribution in [0.25, 0.3) is 10.9 Å². The molecule has 7 heteroatoms. The molecule has 3 N–H and O–H groups in total. The van der Waals surface area contributed by atoms with Gasteiger partial charge in [-0.3, -0.25) is 9.59 Å². The van der Waals surface area contributed by atoms with Crippen LogP contribution in [0.2, 0.25) is 0 Å². The fraction of sp³-hybridized carbons (Fsp3) is 0.333. The van der Waals surface area contributed by atoms with Crippen LogP contribution in [0.15, 0.2) is 42.5 Å². The molecule has 0 saturated heterocycles. The first-order valence-corrected chi connectivity index (χ1v) is 10.5. The van der Waals surface area contributed by atoms with E-state index in [9.17, 15) is 9.59 Å². The fourth-order valence-corrected chi connectivity index (χ4v) is 3.41. The number of fused-ring (bicyclic) bond motifs is 1. The number of carbonyl (C=O) groups excluding carboxylic acids is 2. The van der Waals surface area contributed by atoms with E-state index in [1.54, 1.807) is 38.5 Å².